The summed E-state index contributed by atoms with van der Waals surface area (Å²) >= 11 is 0. The molecule has 0 aliphatic carbocycles. The lowest BCUT2D eigenvalue weighted by atomic mass is 10.2. The Labute approximate surface area is 68.6 Å². The van der Waals surface area contributed by atoms with Gasteiger partial charge in [0, 0.05) is 29.3 Å². The van der Waals surface area contributed by atoms with Crippen LogP contribution in [-0.4, -0.2) is 34.7 Å². The molecule has 1 aliphatic heterocycles. The summed E-state index contributed by atoms with van der Waals surface area (Å²) in [7, 11) is -0.955. The van der Waals surface area contributed by atoms with Crippen LogP contribution < -0.4 is 0 Å². The molecule has 1 fully saturated rings. The molecule has 64 valence electrons. The highest BCUT2D eigenvalue weighted by Gasteiger charge is 2.19. The zero-order valence-electron chi connectivity index (χ0n) is 6.32. The van der Waals surface area contributed by atoms with E-state index < -0.39 is 10.8 Å². The summed E-state index contributed by atoms with van der Waals surface area (Å²) < 4.78 is 16.3. The first kappa shape index (κ1) is 8.87. The average Bonchev–Trinajstić information content (AvgIpc) is 2.07. The number of hydrogen-bond acceptors (Lipinski definition) is 3. The molecule has 0 N–H and O–H groups in total. The topological polar surface area (TPSA) is 43.4 Å². The summed E-state index contributed by atoms with van der Waals surface area (Å²) in [6.07, 6.45) is 2.40. The van der Waals surface area contributed by atoms with Gasteiger partial charge in [0.2, 0.25) is 0 Å². The van der Waals surface area contributed by atoms with Gasteiger partial charge in [0.25, 0.3) is 0 Å². The van der Waals surface area contributed by atoms with Gasteiger partial charge >= 0.3 is 0 Å². The Balaban J connectivity index is 2.32. The SMILES string of the molecule is O=CCS(=O)C1CCOCC1. The molecule has 0 radical (unpaired) electrons. The van der Waals surface area contributed by atoms with Crippen LogP contribution in [0.1, 0.15) is 12.8 Å². The first-order valence-electron chi connectivity index (χ1n) is 3.73. The van der Waals surface area contributed by atoms with Gasteiger partial charge in [0.05, 0.1) is 5.75 Å². The standard InChI is InChI=1S/C7H12O3S/c8-3-6-11(9)7-1-4-10-5-2-7/h3,7H,1-2,4-6H2. The van der Waals surface area contributed by atoms with E-state index in [1.807, 2.05) is 0 Å². The summed E-state index contributed by atoms with van der Waals surface area (Å²) in [5.41, 5.74) is 0. The fourth-order valence-electron chi connectivity index (χ4n) is 1.14. The van der Waals surface area contributed by atoms with Gasteiger partial charge in [-0.3, -0.25) is 4.21 Å². The molecule has 1 rings (SSSR count). The van der Waals surface area contributed by atoms with E-state index in [-0.39, 0.29) is 11.0 Å². The molecule has 1 saturated heterocycles. The Hall–Kier alpha value is -0.220. The lowest BCUT2D eigenvalue weighted by Crippen LogP contribution is -2.26. The third kappa shape index (κ3) is 2.71. The van der Waals surface area contributed by atoms with E-state index in [2.05, 4.69) is 0 Å². The van der Waals surface area contributed by atoms with Crippen molar-refractivity contribution >= 4 is 17.1 Å². The molecule has 1 aliphatic rings. The van der Waals surface area contributed by atoms with E-state index in [0.29, 0.717) is 13.2 Å². The second-order valence-corrected chi connectivity index (χ2v) is 4.29. The summed E-state index contributed by atoms with van der Waals surface area (Å²) in [5, 5.41) is 0.189. The van der Waals surface area contributed by atoms with Gasteiger partial charge in [-0.15, -0.1) is 0 Å². The van der Waals surface area contributed by atoms with Gasteiger partial charge in [-0.1, -0.05) is 0 Å². The number of aldehydes is 1. The highest BCUT2D eigenvalue weighted by Crippen LogP contribution is 2.12. The predicted octanol–water partition coefficient (Wildman–Crippen LogP) is 0.113. The molecule has 0 aromatic carbocycles. The van der Waals surface area contributed by atoms with Crippen LogP contribution >= 0.6 is 0 Å². The van der Waals surface area contributed by atoms with Crippen LogP contribution in [0.4, 0.5) is 0 Å². The van der Waals surface area contributed by atoms with Crippen LogP contribution in [0.3, 0.4) is 0 Å². The van der Waals surface area contributed by atoms with Crippen LogP contribution in [0.5, 0.6) is 0 Å². The van der Waals surface area contributed by atoms with Gasteiger partial charge < -0.3 is 9.53 Å². The fraction of sp³-hybridized carbons (Fsp3) is 0.857. The number of carbonyl (C=O) groups is 1. The third-order valence-corrected chi connectivity index (χ3v) is 3.45. The molecule has 0 amide bonds. The molecule has 0 spiro atoms. The zero-order chi connectivity index (χ0) is 8.10. The maximum atomic E-state index is 11.2. The highest BCUT2D eigenvalue weighted by atomic mass is 32.2. The molecular weight excluding hydrogens is 164 g/mol. The molecule has 4 heteroatoms. The van der Waals surface area contributed by atoms with E-state index >= 15 is 0 Å². The van der Waals surface area contributed by atoms with Crippen molar-refractivity contribution in [3.63, 3.8) is 0 Å². The monoisotopic (exact) mass is 176 g/mol. The Morgan fingerprint density at radius 3 is 2.64 bits per heavy atom. The van der Waals surface area contributed by atoms with E-state index in [4.69, 9.17) is 4.74 Å². The van der Waals surface area contributed by atoms with Crippen molar-refractivity contribution in [1.29, 1.82) is 0 Å². The van der Waals surface area contributed by atoms with E-state index in [0.717, 1.165) is 19.1 Å². The van der Waals surface area contributed by atoms with Gasteiger partial charge in [0.15, 0.2) is 0 Å². The molecule has 0 bridgehead atoms. The Morgan fingerprint density at radius 2 is 2.09 bits per heavy atom. The molecule has 3 nitrogen and oxygen atoms in total. The molecular formula is C7H12O3S. The van der Waals surface area contributed by atoms with Crippen molar-refractivity contribution in [3.05, 3.63) is 0 Å². The van der Waals surface area contributed by atoms with Gasteiger partial charge in [-0.05, 0) is 12.8 Å². The lowest BCUT2D eigenvalue weighted by molar-refractivity contribution is -0.105. The molecule has 11 heavy (non-hydrogen) atoms. The summed E-state index contributed by atoms with van der Waals surface area (Å²) in [5.74, 6) is 0.185. The molecule has 1 atom stereocenters. The van der Waals surface area contributed by atoms with E-state index in [9.17, 15) is 9.00 Å². The fourth-order valence-corrected chi connectivity index (χ4v) is 2.27. The quantitative estimate of drug-likeness (QED) is 0.573. The first-order chi connectivity index (χ1) is 5.34. The molecule has 0 saturated carbocycles. The number of ether oxygens (including phenoxy) is 1. The van der Waals surface area contributed by atoms with Gasteiger partial charge in [0.1, 0.15) is 6.29 Å². The second kappa shape index (κ2) is 4.62. The van der Waals surface area contributed by atoms with Crippen LogP contribution in [0, 0.1) is 0 Å². The predicted molar refractivity (Wildman–Crippen MR) is 42.9 cm³/mol. The third-order valence-electron chi connectivity index (χ3n) is 1.77. The van der Waals surface area contributed by atoms with Crippen molar-refractivity contribution in [1.82, 2.24) is 0 Å². The molecule has 0 aromatic rings. The maximum Gasteiger partial charge on any atom is 0.132 e. The minimum Gasteiger partial charge on any atom is -0.381 e. The molecule has 1 heterocycles. The normalized spacial score (nSPS) is 22.9. The van der Waals surface area contributed by atoms with Crippen LogP contribution in [0.25, 0.3) is 0 Å². The summed E-state index contributed by atoms with van der Waals surface area (Å²) in [6.45, 7) is 1.38. The second-order valence-electron chi connectivity index (χ2n) is 2.53. The van der Waals surface area contributed by atoms with Crippen LogP contribution in [0.2, 0.25) is 0 Å². The van der Waals surface area contributed by atoms with Crippen molar-refractivity contribution in [2.75, 3.05) is 19.0 Å². The van der Waals surface area contributed by atoms with Gasteiger partial charge in [-0.2, -0.15) is 0 Å². The molecule has 0 aromatic heterocycles. The number of rotatable bonds is 3. The Morgan fingerprint density at radius 1 is 1.45 bits per heavy atom. The van der Waals surface area contributed by atoms with Crippen LogP contribution in [-0.2, 0) is 20.3 Å². The van der Waals surface area contributed by atoms with Crippen molar-refractivity contribution in [3.8, 4) is 0 Å². The van der Waals surface area contributed by atoms with E-state index in [1.165, 1.54) is 0 Å². The Bertz CT molecular complexity index is 152. The van der Waals surface area contributed by atoms with Gasteiger partial charge in [-0.25, -0.2) is 0 Å². The lowest BCUT2D eigenvalue weighted by Gasteiger charge is -2.20. The maximum absolute atomic E-state index is 11.2. The average molecular weight is 176 g/mol. The first-order valence-corrected chi connectivity index (χ1v) is 5.11. The van der Waals surface area contributed by atoms with Crippen molar-refractivity contribution in [2.24, 2.45) is 0 Å². The van der Waals surface area contributed by atoms with Crippen molar-refractivity contribution < 1.29 is 13.7 Å². The zero-order valence-corrected chi connectivity index (χ0v) is 7.14. The number of carbonyl (C=O) groups excluding carboxylic acids is 1. The summed E-state index contributed by atoms with van der Waals surface area (Å²) in [6, 6.07) is 0. The highest BCUT2D eigenvalue weighted by molar-refractivity contribution is 7.86. The Kier molecular flexibility index (Phi) is 3.72. The minimum absolute atomic E-state index is 0.185. The summed E-state index contributed by atoms with van der Waals surface area (Å²) in [4.78, 5) is 10.0. The van der Waals surface area contributed by atoms with Crippen molar-refractivity contribution in [2.45, 2.75) is 18.1 Å². The van der Waals surface area contributed by atoms with E-state index in [1.54, 1.807) is 0 Å². The molecule has 1 unspecified atom stereocenters. The minimum atomic E-state index is -0.955. The smallest absolute Gasteiger partial charge is 0.132 e. The number of hydrogen-bond donors (Lipinski definition) is 0. The van der Waals surface area contributed by atoms with Crippen LogP contribution in [0.15, 0.2) is 0 Å². The largest absolute Gasteiger partial charge is 0.381 e.